The smallest absolute Gasteiger partial charge is 0.0939 e. The van der Waals surface area contributed by atoms with E-state index in [1.165, 1.54) is 132 Å². The number of hydrogen-bond donors (Lipinski definition) is 1. The Hall–Kier alpha value is -3.91. The Balaban J connectivity index is 0.00000164. The molecular weight excluding hydrogens is 761 g/mol. The lowest BCUT2D eigenvalue weighted by Crippen LogP contribution is -2.14. The molecule has 1 aliphatic rings. The zero-order valence-electron chi connectivity index (χ0n) is 43.3. The van der Waals surface area contributed by atoms with Crippen LogP contribution in [-0.2, 0) is 11.8 Å². The lowest BCUT2D eigenvalue weighted by Gasteiger charge is -2.28. The summed E-state index contributed by atoms with van der Waals surface area (Å²) in [6, 6.07) is 18.8. The number of hydrogen-bond acceptors (Lipinski definition) is 2. The number of anilines is 1. The average Bonchev–Trinajstić information content (AvgIpc) is 3.24. The number of unbranched alkanes of at least 4 members (excludes halogenated alkanes) is 8. The topological polar surface area (TPSA) is 38.4 Å². The van der Waals surface area contributed by atoms with Crippen LogP contribution in [0, 0.1) is 5.41 Å². The van der Waals surface area contributed by atoms with E-state index in [1.54, 1.807) is 0 Å². The van der Waals surface area contributed by atoms with Crippen LogP contribution in [0.4, 0.5) is 11.4 Å². The van der Waals surface area contributed by atoms with Crippen LogP contribution in [0.1, 0.15) is 239 Å². The van der Waals surface area contributed by atoms with Crippen molar-refractivity contribution in [3.63, 3.8) is 0 Å². The molecule has 1 atom stereocenters. The number of nitrogens with two attached hydrogens (primary N) is 1. The third-order valence-electron chi connectivity index (χ3n) is 13.2. The van der Waals surface area contributed by atoms with Gasteiger partial charge in [0.15, 0.2) is 0 Å². The normalized spacial score (nSPS) is 15.2. The quantitative estimate of drug-likeness (QED) is 0.0523. The number of benzene rings is 3. The molecule has 0 radical (unpaired) electrons. The Morgan fingerprint density at radius 3 is 1.79 bits per heavy atom. The first kappa shape index (κ1) is 53.4. The van der Waals surface area contributed by atoms with Crippen LogP contribution < -0.4 is 5.73 Å². The molecule has 2 heteroatoms. The van der Waals surface area contributed by atoms with E-state index in [4.69, 9.17) is 10.7 Å². The molecule has 0 bridgehead atoms. The molecular formula is C61H92N2. The second kappa shape index (κ2) is 26.1. The zero-order valence-corrected chi connectivity index (χ0v) is 43.3. The minimum atomic E-state index is 0.121. The highest BCUT2D eigenvalue weighted by molar-refractivity contribution is 5.95. The van der Waals surface area contributed by atoms with Crippen LogP contribution >= 0.6 is 0 Å². The van der Waals surface area contributed by atoms with Crippen molar-refractivity contribution >= 4 is 33.8 Å². The molecule has 0 amide bonds. The second-order valence-corrected chi connectivity index (χ2v) is 20.8. The van der Waals surface area contributed by atoms with E-state index in [9.17, 15) is 0 Å². The highest BCUT2D eigenvalue weighted by Gasteiger charge is 2.25. The molecule has 0 saturated carbocycles. The van der Waals surface area contributed by atoms with Gasteiger partial charge < -0.3 is 5.73 Å². The lowest BCUT2D eigenvalue weighted by molar-refractivity contribution is 0.504. The maximum atomic E-state index is 7.33. The minimum absolute atomic E-state index is 0.121. The first-order chi connectivity index (χ1) is 29.9. The standard InChI is InChI=1S/C55H78N2.C6H14/c1-14-17-19-21-24-46(23-20-18-15-2)57-53-47(39(5)25-27-41(7)54(8,9)10)33-34-49(52(53)56)42(22-16-3)28-26-38(4)43-29-31-50-48-32-30-45(55(11,12)13)36-44(48)35-40(6)51(50)37-43;1-3-5-6-4-2/h25-34,36-37,40H,14-24,35,56H2,1-13H3;3-6H2,1-2H3/b38-26+,39-25+,41-27+,42-28+,57-46?;. The Bertz CT molecular complexity index is 2040. The van der Waals surface area contributed by atoms with Gasteiger partial charge in [0.05, 0.1) is 11.4 Å². The third-order valence-corrected chi connectivity index (χ3v) is 13.2. The first-order valence-corrected chi connectivity index (χ1v) is 25.4. The SMILES string of the molecule is CCCCCC.CCCCCCC(CCCCC)=Nc1c(/C(C)=C/C=C(\C)C(C)(C)C)ccc(/C(=C/C=C(\C)c2ccc3c(c2)C(C)Cc2cc(C(C)(C)C)ccc2-3)CCC)c1N. The van der Waals surface area contributed by atoms with Crippen molar-refractivity contribution in [3.8, 4) is 11.1 Å². The molecule has 0 aromatic heterocycles. The van der Waals surface area contributed by atoms with Crippen molar-refractivity contribution in [3.05, 3.63) is 112 Å². The summed E-state index contributed by atoms with van der Waals surface area (Å²) in [6.07, 6.45) is 28.5. The highest BCUT2D eigenvalue weighted by Crippen LogP contribution is 2.43. The summed E-state index contributed by atoms with van der Waals surface area (Å²) in [5, 5.41) is 0. The Kier molecular flexibility index (Phi) is 22.2. The predicted octanol–water partition coefficient (Wildman–Crippen LogP) is 19.8. The van der Waals surface area contributed by atoms with E-state index in [2.05, 4.69) is 177 Å². The molecule has 4 rings (SSSR count). The average molecular weight is 853 g/mol. The zero-order chi connectivity index (χ0) is 46.7. The summed E-state index contributed by atoms with van der Waals surface area (Å²) < 4.78 is 0. The maximum absolute atomic E-state index is 7.33. The molecule has 0 fully saturated rings. The molecule has 63 heavy (non-hydrogen) atoms. The predicted molar refractivity (Wildman–Crippen MR) is 287 cm³/mol. The number of fused-ring (bicyclic) bond motifs is 3. The Morgan fingerprint density at radius 2 is 1.19 bits per heavy atom. The molecule has 2 nitrogen and oxygen atoms in total. The molecule has 0 saturated heterocycles. The van der Waals surface area contributed by atoms with Crippen molar-refractivity contribution < 1.29 is 0 Å². The molecule has 0 aliphatic heterocycles. The van der Waals surface area contributed by atoms with Crippen molar-refractivity contribution in [2.24, 2.45) is 10.4 Å². The fourth-order valence-corrected chi connectivity index (χ4v) is 8.44. The van der Waals surface area contributed by atoms with Crippen LogP contribution in [0.2, 0.25) is 0 Å². The summed E-state index contributed by atoms with van der Waals surface area (Å²) in [4.78, 5) is 5.54. The number of rotatable bonds is 20. The van der Waals surface area contributed by atoms with Gasteiger partial charge in [0.1, 0.15) is 0 Å². The van der Waals surface area contributed by atoms with Crippen molar-refractivity contribution in [2.45, 2.75) is 218 Å². The van der Waals surface area contributed by atoms with Gasteiger partial charge in [-0.05, 0) is 126 Å². The van der Waals surface area contributed by atoms with Gasteiger partial charge in [-0.25, -0.2) is 0 Å². The van der Waals surface area contributed by atoms with Crippen molar-refractivity contribution in [2.75, 3.05) is 5.73 Å². The van der Waals surface area contributed by atoms with Crippen LogP contribution in [0.25, 0.3) is 27.8 Å². The lowest BCUT2D eigenvalue weighted by atomic mass is 9.76. The van der Waals surface area contributed by atoms with E-state index in [1.807, 2.05) is 0 Å². The summed E-state index contributed by atoms with van der Waals surface area (Å²) in [5.41, 5.74) is 26.4. The molecule has 1 unspecified atom stereocenters. The van der Waals surface area contributed by atoms with Gasteiger partial charge in [0.25, 0.3) is 0 Å². The van der Waals surface area contributed by atoms with Gasteiger partial charge >= 0.3 is 0 Å². The molecule has 0 heterocycles. The summed E-state index contributed by atoms with van der Waals surface area (Å²) in [6.45, 7) is 34.1. The number of nitrogens with zero attached hydrogens (tertiary/aromatic N) is 1. The van der Waals surface area contributed by atoms with Crippen molar-refractivity contribution in [1.82, 2.24) is 0 Å². The maximum Gasteiger partial charge on any atom is 0.0939 e. The molecule has 3 aromatic carbocycles. The molecule has 0 spiro atoms. The summed E-state index contributed by atoms with van der Waals surface area (Å²) in [7, 11) is 0. The molecule has 2 N–H and O–H groups in total. The van der Waals surface area contributed by atoms with Crippen LogP contribution in [-0.4, -0.2) is 5.71 Å². The van der Waals surface area contributed by atoms with Gasteiger partial charge in [-0.3, -0.25) is 4.99 Å². The largest absolute Gasteiger partial charge is 0.396 e. The Labute approximate surface area is 389 Å². The van der Waals surface area contributed by atoms with Crippen LogP contribution in [0.5, 0.6) is 0 Å². The van der Waals surface area contributed by atoms with Gasteiger partial charge in [-0.2, -0.15) is 0 Å². The van der Waals surface area contributed by atoms with E-state index < -0.39 is 0 Å². The van der Waals surface area contributed by atoms with Gasteiger partial charge in [-0.15, -0.1) is 0 Å². The molecule has 3 aromatic rings. The summed E-state index contributed by atoms with van der Waals surface area (Å²) >= 11 is 0. The van der Waals surface area contributed by atoms with Gasteiger partial charge in [0.2, 0.25) is 0 Å². The minimum Gasteiger partial charge on any atom is -0.396 e. The molecule has 346 valence electrons. The Morgan fingerprint density at radius 1 is 0.619 bits per heavy atom. The summed E-state index contributed by atoms with van der Waals surface area (Å²) in [5.74, 6) is 0.475. The molecule has 1 aliphatic carbocycles. The second-order valence-electron chi connectivity index (χ2n) is 20.8. The number of allylic oxidation sites excluding steroid dienone is 8. The van der Waals surface area contributed by atoms with Crippen LogP contribution in [0.15, 0.2) is 83.4 Å². The van der Waals surface area contributed by atoms with Gasteiger partial charge in [-0.1, -0.05) is 226 Å². The fourth-order valence-electron chi connectivity index (χ4n) is 8.44. The van der Waals surface area contributed by atoms with E-state index >= 15 is 0 Å². The third kappa shape index (κ3) is 16.2. The van der Waals surface area contributed by atoms with E-state index in [0.29, 0.717) is 5.92 Å². The highest BCUT2D eigenvalue weighted by atomic mass is 14.8. The van der Waals surface area contributed by atoms with Gasteiger partial charge in [0, 0.05) is 16.8 Å². The van der Waals surface area contributed by atoms with E-state index in [-0.39, 0.29) is 10.8 Å². The monoisotopic (exact) mass is 853 g/mol. The number of nitrogen functional groups attached to an aromatic ring is 1. The van der Waals surface area contributed by atoms with E-state index in [0.717, 1.165) is 54.6 Å². The fraction of sp³-hybridized carbons (Fsp3) is 0.557. The first-order valence-electron chi connectivity index (χ1n) is 25.4. The van der Waals surface area contributed by atoms with Crippen molar-refractivity contribution in [1.29, 1.82) is 0 Å². The van der Waals surface area contributed by atoms with Crippen LogP contribution in [0.3, 0.4) is 0 Å². The number of aliphatic imine (C=N–C) groups is 1.